The van der Waals surface area contributed by atoms with Crippen molar-refractivity contribution < 1.29 is 9.53 Å². The second-order valence-electron chi connectivity index (χ2n) is 3.57. The van der Waals surface area contributed by atoms with E-state index in [-0.39, 0.29) is 0 Å². The third kappa shape index (κ3) is 1.64. The van der Waals surface area contributed by atoms with E-state index in [0.717, 1.165) is 18.6 Å². The molecule has 0 aromatic carbocycles. The predicted octanol–water partition coefficient (Wildman–Crippen LogP) is 1.68. The summed E-state index contributed by atoms with van der Waals surface area (Å²) in [5.41, 5.74) is 3.49. The van der Waals surface area contributed by atoms with Crippen LogP contribution in [0.2, 0.25) is 0 Å². The molecule has 76 valence electrons. The molecule has 1 fully saturated rings. The SMILES string of the molecule is CCOC(=O)N/N=C1\C[C@@H]2C=CC[C@@H]12. The van der Waals surface area contributed by atoms with E-state index in [1.807, 2.05) is 0 Å². The van der Waals surface area contributed by atoms with Gasteiger partial charge in [-0.3, -0.25) is 0 Å². The first kappa shape index (κ1) is 9.24. The summed E-state index contributed by atoms with van der Waals surface area (Å²) in [4.78, 5) is 10.9. The van der Waals surface area contributed by atoms with Crippen molar-refractivity contribution >= 4 is 11.8 Å². The van der Waals surface area contributed by atoms with E-state index in [2.05, 4.69) is 22.7 Å². The van der Waals surface area contributed by atoms with Gasteiger partial charge in [0, 0.05) is 11.6 Å². The molecule has 2 aliphatic rings. The minimum atomic E-state index is -0.464. The van der Waals surface area contributed by atoms with Gasteiger partial charge in [-0.05, 0) is 25.7 Å². The molecule has 4 nitrogen and oxygen atoms in total. The van der Waals surface area contributed by atoms with Crippen molar-refractivity contribution in [3.05, 3.63) is 12.2 Å². The van der Waals surface area contributed by atoms with E-state index in [1.165, 1.54) is 0 Å². The van der Waals surface area contributed by atoms with Crippen LogP contribution in [-0.2, 0) is 4.74 Å². The van der Waals surface area contributed by atoms with Gasteiger partial charge in [0.2, 0.25) is 0 Å². The molecule has 1 amide bonds. The van der Waals surface area contributed by atoms with Crippen LogP contribution in [0.4, 0.5) is 4.79 Å². The molecular formula is C10H14N2O2. The molecule has 14 heavy (non-hydrogen) atoms. The number of amides is 1. The maximum Gasteiger partial charge on any atom is 0.427 e. The van der Waals surface area contributed by atoms with Gasteiger partial charge < -0.3 is 4.74 Å². The van der Waals surface area contributed by atoms with Gasteiger partial charge in [0.1, 0.15) is 0 Å². The Hall–Kier alpha value is -1.32. The molecule has 0 spiro atoms. The van der Waals surface area contributed by atoms with E-state index in [4.69, 9.17) is 4.74 Å². The normalized spacial score (nSPS) is 31.1. The van der Waals surface area contributed by atoms with Crippen LogP contribution >= 0.6 is 0 Å². The fourth-order valence-electron chi connectivity index (χ4n) is 1.94. The van der Waals surface area contributed by atoms with E-state index in [0.29, 0.717) is 18.4 Å². The second-order valence-corrected chi connectivity index (χ2v) is 3.57. The van der Waals surface area contributed by atoms with Crippen LogP contribution in [0.1, 0.15) is 19.8 Å². The Morgan fingerprint density at radius 2 is 2.64 bits per heavy atom. The first-order valence-electron chi connectivity index (χ1n) is 4.97. The number of allylic oxidation sites excluding steroid dienone is 2. The van der Waals surface area contributed by atoms with Crippen molar-refractivity contribution in [3.8, 4) is 0 Å². The monoisotopic (exact) mass is 194 g/mol. The molecule has 0 radical (unpaired) electrons. The highest BCUT2D eigenvalue weighted by molar-refractivity contribution is 5.94. The molecule has 0 bridgehead atoms. The summed E-state index contributed by atoms with van der Waals surface area (Å²) in [7, 11) is 0. The number of carbonyl (C=O) groups is 1. The molecule has 0 heterocycles. The molecule has 2 atom stereocenters. The van der Waals surface area contributed by atoms with Crippen molar-refractivity contribution in [2.24, 2.45) is 16.9 Å². The summed E-state index contributed by atoms with van der Waals surface area (Å²) in [6.45, 7) is 2.15. The lowest BCUT2D eigenvalue weighted by atomic mass is 9.74. The smallest absolute Gasteiger partial charge is 0.427 e. The Morgan fingerprint density at radius 1 is 1.79 bits per heavy atom. The molecule has 0 saturated heterocycles. The molecule has 0 unspecified atom stereocenters. The molecule has 2 rings (SSSR count). The first-order valence-corrected chi connectivity index (χ1v) is 4.97. The van der Waals surface area contributed by atoms with Crippen molar-refractivity contribution in [2.45, 2.75) is 19.8 Å². The van der Waals surface area contributed by atoms with Crippen LogP contribution in [0.3, 0.4) is 0 Å². The fourth-order valence-corrected chi connectivity index (χ4v) is 1.94. The topological polar surface area (TPSA) is 50.7 Å². The molecule has 4 heteroatoms. The average molecular weight is 194 g/mol. The van der Waals surface area contributed by atoms with Crippen LogP contribution in [0.25, 0.3) is 0 Å². The van der Waals surface area contributed by atoms with Crippen molar-refractivity contribution in [2.75, 3.05) is 6.61 Å². The maximum absolute atomic E-state index is 10.9. The molecular weight excluding hydrogens is 180 g/mol. The van der Waals surface area contributed by atoms with E-state index in [9.17, 15) is 4.79 Å². The van der Waals surface area contributed by atoms with Crippen molar-refractivity contribution in [1.29, 1.82) is 0 Å². The summed E-state index contributed by atoms with van der Waals surface area (Å²) in [6, 6.07) is 0. The molecule has 1 saturated carbocycles. The van der Waals surface area contributed by atoms with Crippen LogP contribution in [0.5, 0.6) is 0 Å². The summed E-state index contributed by atoms with van der Waals surface area (Å²) in [5, 5.41) is 4.04. The molecule has 0 aromatic rings. The number of fused-ring (bicyclic) bond motifs is 1. The summed E-state index contributed by atoms with van der Waals surface area (Å²) in [5.74, 6) is 1.20. The van der Waals surface area contributed by atoms with Crippen molar-refractivity contribution in [3.63, 3.8) is 0 Å². The Morgan fingerprint density at radius 3 is 3.36 bits per heavy atom. The fraction of sp³-hybridized carbons (Fsp3) is 0.600. The predicted molar refractivity (Wildman–Crippen MR) is 52.9 cm³/mol. The van der Waals surface area contributed by atoms with Crippen LogP contribution in [0, 0.1) is 11.8 Å². The highest BCUT2D eigenvalue weighted by Gasteiger charge is 2.37. The third-order valence-electron chi connectivity index (χ3n) is 2.73. The zero-order valence-corrected chi connectivity index (χ0v) is 8.19. The molecule has 1 N–H and O–H groups in total. The van der Waals surface area contributed by atoms with Gasteiger partial charge in [-0.1, -0.05) is 12.2 Å². The van der Waals surface area contributed by atoms with Gasteiger partial charge in [0.25, 0.3) is 0 Å². The van der Waals surface area contributed by atoms with E-state index >= 15 is 0 Å². The lowest BCUT2D eigenvalue weighted by Gasteiger charge is -2.31. The van der Waals surface area contributed by atoms with Gasteiger partial charge in [-0.15, -0.1) is 0 Å². The Balaban J connectivity index is 1.80. The van der Waals surface area contributed by atoms with Gasteiger partial charge in [-0.2, -0.15) is 5.10 Å². The Bertz CT molecular complexity index is 296. The van der Waals surface area contributed by atoms with E-state index < -0.39 is 6.09 Å². The lowest BCUT2D eigenvalue weighted by molar-refractivity contribution is 0.152. The van der Waals surface area contributed by atoms with Crippen LogP contribution in [-0.4, -0.2) is 18.4 Å². The maximum atomic E-state index is 10.9. The molecule has 0 aromatic heterocycles. The van der Waals surface area contributed by atoms with Crippen LogP contribution < -0.4 is 5.43 Å². The summed E-state index contributed by atoms with van der Waals surface area (Å²) in [6.07, 6.45) is 5.99. The number of hydrogen-bond acceptors (Lipinski definition) is 3. The Labute approximate surface area is 83.0 Å². The van der Waals surface area contributed by atoms with Crippen molar-refractivity contribution in [1.82, 2.24) is 5.43 Å². The molecule has 0 aliphatic heterocycles. The zero-order valence-electron chi connectivity index (χ0n) is 8.19. The third-order valence-corrected chi connectivity index (χ3v) is 2.73. The quantitative estimate of drug-likeness (QED) is 0.537. The number of nitrogens with zero attached hydrogens (tertiary/aromatic N) is 1. The Kier molecular flexibility index (Phi) is 2.52. The number of ether oxygens (including phenoxy) is 1. The highest BCUT2D eigenvalue weighted by atomic mass is 16.5. The minimum Gasteiger partial charge on any atom is -0.449 e. The van der Waals surface area contributed by atoms with E-state index in [1.54, 1.807) is 6.92 Å². The largest absolute Gasteiger partial charge is 0.449 e. The minimum absolute atomic E-state index is 0.379. The highest BCUT2D eigenvalue weighted by Crippen LogP contribution is 2.39. The number of nitrogens with one attached hydrogen (secondary N) is 1. The number of carbonyl (C=O) groups excluding carboxylic acids is 1. The summed E-state index contributed by atoms with van der Waals surface area (Å²) >= 11 is 0. The number of hydrazone groups is 1. The van der Waals surface area contributed by atoms with Gasteiger partial charge in [-0.25, -0.2) is 10.2 Å². The van der Waals surface area contributed by atoms with Gasteiger partial charge in [0.05, 0.1) is 6.61 Å². The average Bonchev–Trinajstić information content (AvgIpc) is 2.48. The number of hydrogen-bond donors (Lipinski definition) is 1. The number of rotatable bonds is 2. The lowest BCUT2D eigenvalue weighted by Crippen LogP contribution is -2.35. The zero-order chi connectivity index (χ0) is 9.97. The molecule has 2 aliphatic carbocycles. The van der Waals surface area contributed by atoms with Crippen LogP contribution in [0.15, 0.2) is 17.3 Å². The standard InChI is InChI=1S/C10H14N2O2/c1-2-14-10(13)12-11-9-6-7-4-3-5-8(7)9/h3-4,7-8H,2,5-6H2,1H3,(H,12,13)/b11-9+/t7-,8+/m0/s1. The second kappa shape index (κ2) is 3.82. The van der Waals surface area contributed by atoms with Gasteiger partial charge in [0.15, 0.2) is 0 Å². The summed E-state index contributed by atoms with van der Waals surface area (Å²) < 4.78 is 4.70. The first-order chi connectivity index (χ1) is 6.81. The van der Waals surface area contributed by atoms with Gasteiger partial charge >= 0.3 is 6.09 Å².